The first-order chi connectivity index (χ1) is 9.70. The second-order valence-electron chi connectivity index (χ2n) is 3.95. The van der Waals surface area contributed by atoms with Crippen LogP contribution in [0.2, 0.25) is 0 Å². The number of rotatable bonds is 4. The molecule has 1 N–H and O–H groups in total. The fourth-order valence-electron chi connectivity index (χ4n) is 1.58. The van der Waals surface area contributed by atoms with Crippen molar-refractivity contribution in [2.75, 3.05) is 25.1 Å². The average Bonchev–Trinajstić information content (AvgIpc) is 2.49. The van der Waals surface area contributed by atoms with Gasteiger partial charge in [0.1, 0.15) is 19.5 Å². The van der Waals surface area contributed by atoms with Gasteiger partial charge in [0.25, 0.3) is 5.91 Å². The molecule has 0 radical (unpaired) electrons. The highest BCUT2D eigenvalue weighted by Crippen LogP contribution is 2.13. The monoisotopic (exact) mass is 277 g/mol. The predicted octanol–water partition coefficient (Wildman–Crippen LogP) is 1.69. The van der Waals surface area contributed by atoms with Crippen LogP contribution >= 0.6 is 0 Å². The smallest absolute Gasteiger partial charge is 0.338 e. The van der Waals surface area contributed by atoms with Gasteiger partial charge in [-0.25, -0.2) is 4.79 Å². The van der Waals surface area contributed by atoms with Gasteiger partial charge in [-0.3, -0.25) is 4.79 Å². The van der Waals surface area contributed by atoms with Crippen LogP contribution in [0.3, 0.4) is 0 Å². The van der Waals surface area contributed by atoms with Gasteiger partial charge >= 0.3 is 5.97 Å². The van der Waals surface area contributed by atoms with Gasteiger partial charge in [0.2, 0.25) is 5.76 Å². The minimum absolute atomic E-state index is 0.130. The molecule has 20 heavy (non-hydrogen) atoms. The van der Waals surface area contributed by atoms with E-state index in [0.29, 0.717) is 31.1 Å². The van der Waals surface area contributed by atoms with E-state index in [1.165, 1.54) is 6.26 Å². The van der Waals surface area contributed by atoms with E-state index in [-0.39, 0.29) is 5.76 Å². The number of carbonyl (C=O) groups is 2. The van der Waals surface area contributed by atoms with Gasteiger partial charge in [0.15, 0.2) is 0 Å². The normalized spacial score (nSPS) is 13.6. The Hall–Kier alpha value is -2.50. The number of benzene rings is 1. The summed E-state index contributed by atoms with van der Waals surface area (Å²) in [7, 11) is 0. The van der Waals surface area contributed by atoms with E-state index in [1.54, 1.807) is 31.2 Å². The van der Waals surface area contributed by atoms with Crippen molar-refractivity contribution in [2.45, 2.75) is 6.92 Å². The fraction of sp³-hybridized carbons (Fsp3) is 0.286. The second kappa shape index (κ2) is 6.60. The molecule has 1 aliphatic rings. The molecule has 0 unspecified atom stereocenters. The molecule has 0 saturated carbocycles. The molecular formula is C14H15NO5. The Balaban J connectivity index is 1.98. The Morgan fingerprint density at radius 1 is 1.25 bits per heavy atom. The van der Waals surface area contributed by atoms with E-state index >= 15 is 0 Å². The highest BCUT2D eigenvalue weighted by atomic mass is 16.6. The van der Waals surface area contributed by atoms with Crippen LogP contribution in [0.4, 0.5) is 5.69 Å². The van der Waals surface area contributed by atoms with Crippen LogP contribution in [0.15, 0.2) is 36.3 Å². The van der Waals surface area contributed by atoms with Crippen LogP contribution in [0.1, 0.15) is 17.3 Å². The highest BCUT2D eigenvalue weighted by molar-refractivity contribution is 6.02. The molecule has 0 spiro atoms. The zero-order valence-corrected chi connectivity index (χ0v) is 11.0. The molecule has 1 amide bonds. The molecule has 0 bridgehead atoms. The second-order valence-corrected chi connectivity index (χ2v) is 3.95. The van der Waals surface area contributed by atoms with Crippen molar-refractivity contribution in [2.24, 2.45) is 0 Å². The number of esters is 1. The summed E-state index contributed by atoms with van der Waals surface area (Å²) in [6.45, 7) is 2.85. The Labute approximate surface area is 116 Å². The highest BCUT2D eigenvalue weighted by Gasteiger charge is 2.15. The van der Waals surface area contributed by atoms with Gasteiger partial charge in [-0.2, -0.15) is 0 Å². The quantitative estimate of drug-likeness (QED) is 0.848. The summed E-state index contributed by atoms with van der Waals surface area (Å²) in [5.41, 5.74) is 0.986. The zero-order valence-electron chi connectivity index (χ0n) is 11.0. The predicted molar refractivity (Wildman–Crippen MR) is 71.0 cm³/mol. The van der Waals surface area contributed by atoms with Crippen molar-refractivity contribution < 1.29 is 23.8 Å². The Morgan fingerprint density at radius 2 is 2.00 bits per heavy atom. The molecule has 2 rings (SSSR count). The first-order valence-corrected chi connectivity index (χ1v) is 6.24. The van der Waals surface area contributed by atoms with Gasteiger partial charge < -0.3 is 19.5 Å². The third kappa shape index (κ3) is 3.50. The summed E-state index contributed by atoms with van der Waals surface area (Å²) in [6.07, 6.45) is 1.28. The van der Waals surface area contributed by atoms with Gasteiger partial charge in [-0.15, -0.1) is 0 Å². The molecule has 1 heterocycles. The minimum atomic E-state index is -0.395. The van der Waals surface area contributed by atoms with Crippen LogP contribution in [-0.2, 0) is 19.0 Å². The van der Waals surface area contributed by atoms with Crippen LogP contribution in [0, 0.1) is 0 Å². The maximum Gasteiger partial charge on any atom is 0.338 e. The van der Waals surface area contributed by atoms with Crippen LogP contribution in [0.5, 0.6) is 0 Å². The minimum Gasteiger partial charge on any atom is -0.494 e. The van der Waals surface area contributed by atoms with E-state index in [2.05, 4.69) is 5.32 Å². The molecule has 1 aromatic rings. The van der Waals surface area contributed by atoms with E-state index in [9.17, 15) is 9.59 Å². The number of ether oxygens (including phenoxy) is 3. The van der Waals surface area contributed by atoms with E-state index in [1.807, 2.05) is 0 Å². The van der Waals surface area contributed by atoms with Crippen molar-refractivity contribution in [3.05, 3.63) is 41.9 Å². The van der Waals surface area contributed by atoms with Crippen molar-refractivity contribution in [3.8, 4) is 0 Å². The lowest BCUT2D eigenvalue weighted by Gasteiger charge is -2.15. The van der Waals surface area contributed by atoms with E-state index < -0.39 is 11.9 Å². The number of hydrogen-bond acceptors (Lipinski definition) is 5. The molecule has 106 valence electrons. The third-order valence-electron chi connectivity index (χ3n) is 2.53. The van der Waals surface area contributed by atoms with Crippen molar-refractivity contribution in [3.63, 3.8) is 0 Å². The van der Waals surface area contributed by atoms with Crippen molar-refractivity contribution >= 4 is 17.6 Å². The van der Waals surface area contributed by atoms with E-state index in [0.717, 1.165) is 0 Å². The van der Waals surface area contributed by atoms with Crippen LogP contribution in [-0.4, -0.2) is 31.7 Å². The molecule has 6 heteroatoms. The lowest BCUT2D eigenvalue weighted by atomic mass is 10.2. The third-order valence-corrected chi connectivity index (χ3v) is 2.53. The number of carbonyl (C=O) groups excluding carboxylic acids is 2. The molecule has 0 aliphatic carbocycles. The molecule has 0 fully saturated rings. The van der Waals surface area contributed by atoms with Crippen LogP contribution < -0.4 is 5.32 Å². The number of hydrogen-bond donors (Lipinski definition) is 1. The maximum absolute atomic E-state index is 11.8. The van der Waals surface area contributed by atoms with Gasteiger partial charge in [0, 0.05) is 5.69 Å². The molecule has 1 aliphatic heterocycles. The molecule has 1 aromatic carbocycles. The van der Waals surface area contributed by atoms with Crippen LogP contribution in [0.25, 0.3) is 0 Å². The Kier molecular flexibility index (Phi) is 4.60. The first kappa shape index (κ1) is 13.9. The lowest BCUT2D eigenvalue weighted by Crippen LogP contribution is -2.21. The largest absolute Gasteiger partial charge is 0.494 e. The first-order valence-electron chi connectivity index (χ1n) is 6.24. The summed E-state index contributed by atoms with van der Waals surface area (Å²) < 4.78 is 15.0. The van der Waals surface area contributed by atoms with Gasteiger partial charge in [-0.05, 0) is 31.2 Å². The maximum atomic E-state index is 11.8. The average molecular weight is 277 g/mol. The molecule has 0 saturated heterocycles. The molecule has 6 nitrogen and oxygen atoms in total. The number of anilines is 1. The standard InChI is InChI=1S/C14H15NO5/c1-2-19-14(17)10-3-5-11(6-4-10)15-13(16)12-9-18-7-8-20-12/h3-6,9H,2,7-8H2,1H3,(H,15,16). The SMILES string of the molecule is CCOC(=O)c1ccc(NC(=O)C2=COCCO2)cc1. The Bertz CT molecular complexity index is 521. The fourth-order valence-corrected chi connectivity index (χ4v) is 1.58. The summed E-state index contributed by atoms with van der Waals surface area (Å²) in [5, 5.41) is 2.65. The molecule has 0 atom stereocenters. The summed E-state index contributed by atoms with van der Waals surface area (Å²) in [6, 6.07) is 6.41. The lowest BCUT2D eigenvalue weighted by molar-refractivity contribution is -0.117. The Morgan fingerprint density at radius 3 is 2.60 bits per heavy atom. The van der Waals surface area contributed by atoms with E-state index in [4.69, 9.17) is 14.2 Å². The van der Waals surface area contributed by atoms with Gasteiger partial charge in [0.05, 0.1) is 12.2 Å². The van der Waals surface area contributed by atoms with Crippen molar-refractivity contribution in [1.82, 2.24) is 0 Å². The summed E-state index contributed by atoms with van der Waals surface area (Å²) >= 11 is 0. The molecular weight excluding hydrogens is 262 g/mol. The topological polar surface area (TPSA) is 73.9 Å². The molecule has 0 aromatic heterocycles. The number of nitrogens with one attached hydrogen (secondary N) is 1. The summed E-state index contributed by atoms with van der Waals surface area (Å²) in [5.74, 6) is -0.656. The number of amides is 1. The van der Waals surface area contributed by atoms with Crippen molar-refractivity contribution in [1.29, 1.82) is 0 Å². The summed E-state index contributed by atoms with van der Waals surface area (Å²) in [4.78, 5) is 23.3. The zero-order chi connectivity index (χ0) is 14.4. The van der Waals surface area contributed by atoms with Gasteiger partial charge in [-0.1, -0.05) is 0 Å².